The van der Waals surface area contributed by atoms with Crippen LogP contribution in [0.2, 0.25) is 5.02 Å². The highest BCUT2D eigenvalue weighted by molar-refractivity contribution is 9.10. The molecule has 0 fully saturated rings. The highest BCUT2D eigenvalue weighted by atomic mass is 79.9. The molecule has 0 heterocycles. The van der Waals surface area contributed by atoms with E-state index in [1.807, 2.05) is 6.07 Å². The number of rotatable bonds is 4. The van der Waals surface area contributed by atoms with Gasteiger partial charge in [0.15, 0.2) is 0 Å². The summed E-state index contributed by atoms with van der Waals surface area (Å²) in [5.74, 6) is 0.542. The second kappa shape index (κ2) is 6.81. The Morgan fingerprint density at radius 3 is 2.20 bits per heavy atom. The summed E-state index contributed by atoms with van der Waals surface area (Å²) in [5.41, 5.74) is 1.62. The van der Waals surface area contributed by atoms with Crippen molar-refractivity contribution in [2.75, 3.05) is 6.54 Å². The van der Waals surface area contributed by atoms with E-state index in [0.29, 0.717) is 5.92 Å². The zero-order chi connectivity index (χ0) is 15.6. The molecule has 0 saturated carbocycles. The van der Waals surface area contributed by atoms with Crippen molar-refractivity contribution in [3.05, 3.63) is 33.3 Å². The molecule has 0 radical (unpaired) electrons. The van der Waals surface area contributed by atoms with Gasteiger partial charge in [0.1, 0.15) is 0 Å². The molecule has 1 nitrogen and oxygen atoms in total. The van der Waals surface area contributed by atoms with Gasteiger partial charge in [0, 0.05) is 15.0 Å². The molecule has 0 spiro atoms. The molecule has 0 saturated heterocycles. The smallest absolute Gasteiger partial charge is 0.0449 e. The Morgan fingerprint density at radius 1 is 1.15 bits per heavy atom. The monoisotopic (exact) mass is 359 g/mol. The third-order valence-corrected chi connectivity index (χ3v) is 4.43. The number of halogens is 2. The third-order valence-electron chi connectivity index (χ3n) is 3.58. The van der Waals surface area contributed by atoms with Gasteiger partial charge in [0.25, 0.3) is 0 Å². The summed E-state index contributed by atoms with van der Waals surface area (Å²) in [6, 6.07) is 6.17. The summed E-state index contributed by atoms with van der Waals surface area (Å²) in [7, 11) is 0. The molecule has 20 heavy (non-hydrogen) atoms. The molecule has 0 aliphatic heterocycles. The molecule has 1 unspecified atom stereocenters. The van der Waals surface area contributed by atoms with Crippen LogP contribution in [-0.2, 0) is 6.42 Å². The Hall–Kier alpha value is -0.0500. The van der Waals surface area contributed by atoms with Gasteiger partial charge in [-0.3, -0.25) is 0 Å². The predicted octanol–water partition coefficient (Wildman–Crippen LogP) is 5.70. The molecular weight excluding hydrogens is 334 g/mol. The van der Waals surface area contributed by atoms with Crippen LogP contribution in [0.5, 0.6) is 0 Å². The van der Waals surface area contributed by atoms with Crippen molar-refractivity contribution in [2.24, 2.45) is 11.3 Å². The average molecular weight is 361 g/mol. The van der Waals surface area contributed by atoms with Crippen molar-refractivity contribution in [2.45, 2.75) is 53.5 Å². The Labute approximate surface area is 137 Å². The Kier molecular flexibility index (Phi) is 6.13. The molecule has 1 atom stereocenters. The molecule has 1 aromatic carbocycles. The number of nitrogens with one attached hydrogen (secondary N) is 1. The summed E-state index contributed by atoms with van der Waals surface area (Å²) >= 11 is 9.83. The van der Waals surface area contributed by atoms with Gasteiger partial charge in [-0.2, -0.15) is 0 Å². The fourth-order valence-electron chi connectivity index (χ4n) is 2.07. The summed E-state index contributed by atoms with van der Waals surface area (Å²) in [5, 5.41) is 4.48. The van der Waals surface area contributed by atoms with E-state index in [-0.39, 0.29) is 11.0 Å². The molecule has 0 aromatic heterocycles. The van der Waals surface area contributed by atoms with Crippen LogP contribution in [0.1, 0.15) is 47.1 Å². The van der Waals surface area contributed by atoms with E-state index in [1.165, 1.54) is 5.56 Å². The minimum atomic E-state index is 0.146. The molecule has 0 bridgehead atoms. The van der Waals surface area contributed by atoms with Gasteiger partial charge in [-0.1, -0.05) is 54.4 Å². The van der Waals surface area contributed by atoms with Crippen LogP contribution in [0.4, 0.5) is 0 Å². The zero-order valence-corrected chi connectivity index (χ0v) is 15.8. The van der Waals surface area contributed by atoms with Crippen molar-refractivity contribution >= 4 is 27.5 Å². The fraction of sp³-hybridized carbons (Fsp3) is 0.647. The molecule has 1 rings (SSSR count). The van der Waals surface area contributed by atoms with Crippen molar-refractivity contribution in [3.8, 4) is 0 Å². The first kappa shape index (κ1) is 18.0. The second-order valence-electron chi connectivity index (χ2n) is 7.63. The van der Waals surface area contributed by atoms with Gasteiger partial charge in [-0.25, -0.2) is 0 Å². The number of hydrogen-bond donors (Lipinski definition) is 1. The van der Waals surface area contributed by atoms with Gasteiger partial charge in [-0.15, -0.1) is 0 Å². The first-order valence-electron chi connectivity index (χ1n) is 7.18. The van der Waals surface area contributed by atoms with Crippen LogP contribution in [-0.4, -0.2) is 12.1 Å². The van der Waals surface area contributed by atoms with Crippen molar-refractivity contribution in [3.63, 3.8) is 0 Å². The van der Waals surface area contributed by atoms with Crippen molar-refractivity contribution in [1.29, 1.82) is 0 Å². The summed E-state index contributed by atoms with van der Waals surface area (Å²) in [4.78, 5) is 0. The summed E-state index contributed by atoms with van der Waals surface area (Å²) in [6.07, 6.45) is 0.999. The average Bonchev–Trinajstić information content (AvgIpc) is 2.23. The molecule has 1 N–H and O–H groups in total. The topological polar surface area (TPSA) is 12.0 Å². The quantitative estimate of drug-likeness (QED) is 0.726. The van der Waals surface area contributed by atoms with Gasteiger partial charge in [-0.05, 0) is 62.8 Å². The van der Waals surface area contributed by atoms with E-state index in [0.717, 1.165) is 22.5 Å². The van der Waals surface area contributed by atoms with E-state index in [9.17, 15) is 0 Å². The maximum absolute atomic E-state index is 6.36. The van der Waals surface area contributed by atoms with E-state index in [4.69, 9.17) is 11.6 Å². The van der Waals surface area contributed by atoms with E-state index in [2.05, 4.69) is 74.9 Å². The van der Waals surface area contributed by atoms with Crippen LogP contribution >= 0.6 is 27.5 Å². The minimum absolute atomic E-state index is 0.146. The van der Waals surface area contributed by atoms with Crippen LogP contribution < -0.4 is 5.32 Å². The lowest BCUT2D eigenvalue weighted by Gasteiger charge is -2.34. The first-order valence-corrected chi connectivity index (χ1v) is 8.35. The predicted molar refractivity (Wildman–Crippen MR) is 93.6 cm³/mol. The molecule has 114 valence electrons. The molecular formula is C17H27BrClN. The van der Waals surface area contributed by atoms with Crippen molar-refractivity contribution in [1.82, 2.24) is 5.32 Å². The zero-order valence-electron chi connectivity index (χ0n) is 13.5. The van der Waals surface area contributed by atoms with Crippen molar-refractivity contribution < 1.29 is 0 Å². The molecule has 1 aromatic rings. The van der Waals surface area contributed by atoms with Crippen LogP contribution in [0.3, 0.4) is 0 Å². The second-order valence-corrected chi connectivity index (χ2v) is 8.96. The maximum Gasteiger partial charge on any atom is 0.0449 e. The molecule has 0 aliphatic carbocycles. The summed E-state index contributed by atoms with van der Waals surface area (Å²) in [6.45, 7) is 14.5. The molecule has 3 heteroatoms. The highest BCUT2D eigenvalue weighted by Crippen LogP contribution is 2.32. The van der Waals surface area contributed by atoms with Gasteiger partial charge >= 0.3 is 0 Å². The van der Waals surface area contributed by atoms with Gasteiger partial charge in [0.2, 0.25) is 0 Å². The third kappa shape index (κ3) is 6.15. The fourth-order valence-corrected chi connectivity index (χ4v) is 2.82. The van der Waals surface area contributed by atoms with Crippen LogP contribution in [0.15, 0.2) is 22.7 Å². The number of benzene rings is 1. The molecule has 0 aliphatic rings. The highest BCUT2D eigenvalue weighted by Gasteiger charge is 2.26. The SMILES string of the molecule is CC(C)(C)NCC(Cc1ccc(Br)cc1Cl)C(C)(C)C. The Morgan fingerprint density at radius 2 is 1.75 bits per heavy atom. The number of hydrogen-bond acceptors (Lipinski definition) is 1. The maximum atomic E-state index is 6.36. The van der Waals surface area contributed by atoms with Crippen LogP contribution in [0, 0.1) is 11.3 Å². The first-order chi connectivity index (χ1) is 8.99. The normalized spacial score (nSPS) is 14.4. The lowest BCUT2D eigenvalue weighted by Crippen LogP contribution is -2.42. The summed E-state index contributed by atoms with van der Waals surface area (Å²) < 4.78 is 1.03. The van der Waals surface area contributed by atoms with Gasteiger partial charge in [0.05, 0.1) is 0 Å². The Bertz CT molecular complexity index is 443. The lowest BCUT2D eigenvalue weighted by atomic mass is 9.77. The van der Waals surface area contributed by atoms with Crippen LogP contribution in [0.25, 0.3) is 0 Å². The Balaban J connectivity index is 2.85. The van der Waals surface area contributed by atoms with Gasteiger partial charge < -0.3 is 5.32 Å². The van der Waals surface area contributed by atoms with E-state index in [1.54, 1.807) is 0 Å². The standard InChI is InChI=1S/C17H27BrClN/c1-16(2,3)13(11-20-17(4,5)6)9-12-7-8-14(18)10-15(12)19/h7-8,10,13,20H,9,11H2,1-6H3. The van der Waals surface area contributed by atoms with E-state index >= 15 is 0 Å². The largest absolute Gasteiger partial charge is 0.312 e. The van der Waals surface area contributed by atoms with E-state index < -0.39 is 0 Å². The molecule has 0 amide bonds. The minimum Gasteiger partial charge on any atom is -0.312 e. The lowest BCUT2D eigenvalue weighted by molar-refractivity contribution is 0.214.